The fraction of sp³-hybridized carbons (Fsp3) is 0.857. The summed E-state index contributed by atoms with van der Waals surface area (Å²) in [5.41, 5.74) is 0. The van der Waals surface area contributed by atoms with E-state index in [1.54, 1.807) is 6.92 Å². The van der Waals surface area contributed by atoms with Crippen molar-refractivity contribution in [3.63, 3.8) is 0 Å². The maximum absolute atomic E-state index is 13.1. The molecule has 9 nitrogen and oxygen atoms in total. The van der Waals surface area contributed by atoms with Gasteiger partial charge in [-0.05, 0) is 38.0 Å². The van der Waals surface area contributed by atoms with Gasteiger partial charge in [0.2, 0.25) is 5.79 Å². The van der Waals surface area contributed by atoms with Crippen molar-refractivity contribution in [1.29, 1.82) is 0 Å². The Kier molecular flexibility index (Phi) is 8.38. The van der Waals surface area contributed by atoms with Crippen molar-refractivity contribution in [2.75, 3.05) is 20.8 Å². The van der Waals surface area contributed by atoms with E-state index in [1.165, 1.54) is 14.2 Å². The molecule has 0 aromatic carbocycles. The first kappa shape index (κ1) is 24.7. The van der Waals surface area contributed by atoms with Crippen molar-refractivity contribution in [3.05, 3.63) is 0 Å². The number of carbonyl (C=O) groups excluding carboxylic acids is 2. The van der Waals surface area contributed by atoms with Gasteiger partial charge < -0.3 is 29.3 Å². The second kappa shape index (κ2) is 10.2. The minimum atomic E-state index is -2.37. The van der Waals surface area contributed by atoms with Gasteiger partial charge in [-0.25, -0.2) is 4.79 Å². The average molecular weight is 430 g/mol. The Morgan fingerprint density at radius 1 is 1.23 bits per heavy atom. The Morgan fingerprint density at radius 2 is 1.90 bits per heavy atom. The zero-order chi connectivity index (χ0) is 22.6. The topological polar surface area (TPSA) is 123 Å². The second-order valence-electron chi connectivity index (χ2n) is 8.77. The van der Waals surface area contributed by atoms with Crippen molar-refractivity contribution in [2.45, 2.75) is 83.0 Å². The molecule has 0 spiro atoms. The number of carbonyl (C=O) groups is 3. The average Bonchev–Trinajstić information content (AvgIpc) is 2.72. The van der Waals surface area contributed by atoms with Gasteiger partial charge in [-0.3, -0.25) is 9.59 Å². The minimum Gasteiger partial charge on any atom is -0.480 e. The first-order valence-electron chi connectivity index (χ1n) is 10.6. The van der Waals surface area contributed by atoms with E-state index in [4.69, 9.17) is 14.2 Å². The molecule has 1 amide bonds. The summed E-state index contributed by atoms with van der Waals surface area (Å²) in [5, 5.41) is 20.6. The number of hydrogen-bond acceptors (Lipinski definition) is 7. The lowest BCUT2D eigenvalue weighted by molar-refractivity contribution is -0.302. The van der Waals surface area contributed by atoms with Crippen molar-refractivity contribution >= 4 is 17.7 Å². The molecule has 9 heteroatoms. The number of Topliss-reactive ketones (excluding diaryl/α,β-unsaturated/α-hetero) is 1. The van der Waals surface area contributed by atoms with E-state index < -0.39 is 53.7 Å². The number of hydrogen-bond donors (Lipinski definition) is 2. The van der Waals surface area contributed by atoms with Crippen LogP contribution in [0, 0.1) is 11.8 Å². The number of carboxylic acid groups (broad SMARTS) is 1. The normalized spacial score (nSPS) is 33.4. The summed E-state index contributed by atoms with van der Waals surface area (Å²) >= 11 is 0. The molecular formula is C21H35NO8. The van der Waals surface area contributed by atoms with Crippen molar-refractivity contribution in [2.24, 2.45) is 11.8 Å². The Bertz CT molecular complexity index is 638. The molecule has 172 valence electrons. The lowest BCUT2D eigenvalue weighted by atomic mass is 9.82. The zero-order valence-corrected chi connectivity index (χ0v) is 18.5. The fourth-order valence-electron chi connectivity index (χ4n) is 4.41. The van der Waals surface area contributed by atoms with Crippen LogP contribution in [-0.4, -0.2) is 83.7 Å². The number of carboxylic acids is 1. The highest BCUT2D eigenvalue weighted by Crippen LogP contribution is 2.38. The Morgan fingerprint density at radius 3 is 2.43 bits per heavy atom. The van der Waals surface area contributed by atoms with Gasteiger partial charge in [-0.15, -0.1) is 0 Å². The van der Waals surface area contributed by atoms with Gasteiger partial charge in [0.05, 0.1) is 12.2 Å². The van der Waals surface area contributed by atoms with Gasteiger partial charge in [0.1, 0.15) is 12.1 Å². The van der Waals surface area contributed by atoms with Crippen LogP contribution < -0.4 is 0 Å². The van der Waals surface area contributed by atoms with E-state index in [0.717, 1.165) is 4.90 Å². The molecule has 6 atom stereocenters. The molecule has 2 heterocycles. The quantitative estimate of drug-likeness (QED) is 0.552. The summed E-state index contributed by atoms with van der Waals surface area (Å²) in [5.74, 6) is -6.14. The molecule has 2 N–H and O–H groups in total. The summed E-state index contributed by atoms with van der Waals surface area (Å²) in [4.78, 5) is 38.7. The van der Waals surface area contributed by atoms with Gasteiger partial charge in [-0.1, -0.05) is 20.8 Å². The highest BCUT2D eigenvalue weighted by Gasteiger charge is 2.56. The predicted molar refractivity (Wildman–Crippen MR) is 107 cm³/mol. The van der Waals surface area contributed by atoms with Gasteiger partial charge in [0.15, 0.2) is 0 Å². The molecule has 0 aromatic heterocycles. The molecule has 30 heavy (non-hydrogen) atoms. The van der Waals surface area contributed by atoms with Gasteiger partial charge in [-0.2, -0.15) is 0 Å². The number of aliphatic hydroxyl groups is 1. The lowest BCUT2D eigenvalue weighted by Crippen LogP contribution is -2.64. The molecule has 2 saturated heterocycles. The number of nitrogens with zero attached hydrogens (tertiary/aromatic N) is 1. The lowest BCUT2D eigenvalue weighted by Gasteiger charge is -2.46. The minimum absolute atomic E-state index is 0.157. The fourth-order valence-corrected chi connectivity index (χ4v) is 4.41. The summed E-state index contributed by atoms with van der Waals surface area (Å²) < 4.78 is 17.0. The monoisotopic (exact) mass is 429 g/mol. The highest BCUT2D eigenvalue weighted by atomic mass is 16.7. The molecule has 2 rings (SSSR count). The second-order valence-corrected chi connectivity index (χ2v) is 8.77. The largest absolute Gasteiger partial charge is 0.480 e. The van der Waals surface area contributed by atoms with Crippen LogP contribution in [0.1, 0.15) is 52.9 Å². The van der Waals surface area contributed by atoms with Crippen LogP contribution in [0.4, 0.5) is 0 Å². The summed E-state index contributed by atoms with van der Waals surface area (Å²) in [6.07, 6.45) is 0.820. The SMILES string of the molecule is CO[C@@H](CC(C)C)[C@H]1O[C@@](O)(C(=O)C(=O)N2CCCC[C@H]2C(=O)O)[C@H](C)C[C@@H]1OC. The third-order valence-electron chi connectivity index (χ3n) is 6.18. The van der Waals surface area contributed by atoms with Crippen LogP contribution in [-0.2, 0) is 28.6 Å². The third kappa shape index (κ3) is 5.01. The van der Waals surface area contributed by atoms with E-state index in [2.05, 4.69) is 0 Å². The first-order chi connectivity index (χ1) is 14.1. The standard InChI is InChI=1S/C21H35NO8/c1-12(2)10-15(28-4)17-16(29-5)11-13(3)21(27,30-17)18(23)19(24)22-9-7-6-8-14(22)20(25)26/h12-17,27H,6-11H2,1-5H3,(H,25,26)/t13-,14+,15+,16+,17-,21-/m1/s1. The Labute approximate surface area is 177 Å². The van der Waals surface area contributed by atoms with Crippen LogP contribution in [0.3, 0.4) is 0 Å². The molecule has 2 aliphatic heterocycles. The van der Waals surface area contributed by atoms with Crippen molar-refractivity contribution in [3.8, 4) is 0 Å². The molecule has 2 aliphatic rings. The van der Waals surface area contributed by atoms with E-state index in [1.807, 2.05) is 13.8 Å². The first-order valence-corrected chi connectivity index (χ1v) is 10.6. The highest BCUT2D eigenvalue weighted by molar-refractivity contribution is 6.39. The number of aliphatic carboxylic acids is 1. The zero-order valence-electron chi connectivity index (χ0n) is 18.5. The smallest absolute Gasteiger partial charge is 0.326 e. The van der Waals surface area contributed by atoms with Crippen LogP contribution in [0.5, 0.6) is 0 Å². The maximum atomic E-state index is 13.1. The number of ketones is 1. The Balaban J connectivity index is 2.29. The number of amides is 1. The molecule has 0 unspecified atom stereocenters. The van der Waals surface area contributed by atoms with Crippen molar-refractivity contribution < 1.29 is 38.8 Å². The van der Waals surface area contributed by atoms with Crippen molar-refractivity contribution in [1.82, 2.24) is 4.90 Å². The molecule has 0 saturated carbocycles. The summed E-state index contributed by atoms with van der Waals surface area (Å²) in [6.45, 7) is 5.80. The van der Waals surface area contributed by atoms with Crippen LogP contribution in [0.15, 0.2) is 0 Å². The van der Waals surface area contributed by atoms with E-state index in [0.29, 0.717) is 19.3 Å². The maximum Gasteiger partial charge on any atom is 0.326 e. The summed E-state index contributed by atoms with van der Waals surface area (Å²) in [7, 11) is 3.05. The van der Waals surface area contributed by atoms with Crippen LogP contribution in [0.2, 0.25) is 0 Å². The molecule has 0 radical (unpaired) electrons. The van der Waals surface area contributed by atoms with E-state index >= 15 is 0 Å². The molecular weight excluding hydrogens is 394 g/mol. The molecule has 0 aliphatic carbocycles. The molecule has 0 bridgehead atoms. The number of methoxy groups -OCH3 is 2. The molecule has 0 aromatic rings. The Hall–Kier alpha value is -1.55. The number of likely N-dealkylation sites (tertiary alicyclic amines) is 1. The number of ether oxygens (including phenoxy) is 3. The van der Waals surface area contributed by atoms with Gasteiger partial charge in [0.25, 0.3) is 11.7 Å². The van der Waals surface area contributed by atoms with Gasteiger partial charge in [0, 0.05) is 26.7 Å². The van der Waals surface area contributed by atoms with E-state index in [9.17, 15) is 24.6 Å². The van der Waals surface area contributed by atoms with Crippen LogP contribution in [0.25, 0.3) is 0 Å². The van der Waals surface area contributed by atoms with E-state index in [-0.39, 0.29) is 25.3 Å². The number of rotatable bonds is 8. The summed E-state index contributed by atoms with van der Waals surface area (Å²) in [6, 6.07) is -1.08. The predicted octanol–water partition coefficient (Wildman–Crippen LogP) is 1.21. The van der Waals surface area contributed by atoms with Gasteiger partial charge >= 0.3 is 5.97 Å². The third-order valence-corrected chi connectivity index (χ3v) is 6.18. The van der Waals surface area contributed by atoms with Crippen LogP contribution >= 0.6 is 0 Å². The number of piperidine rings is 1. The molecule has 2 fully saturated rings.